The fourth-order valence-corrected chi connectivity index (χ4v) is 1.71. The Kier molecular flexibility index (Phi) is 3.08. The first kappa shape index (κ1) is 11.6. The maximum Gasteiger partial charge on any atom is 0.335 e. The predicted octanol–water partition coefficient (Wildman–Crippen LogP) is -0.286. The van der Waals surface area contributed by atoms with Crippen LogP contribution in [-0.2, 0) is 28.6 Å². The summed E-state index contributed by atoms with van der Waals surface area (Å²) >= 11 is 0. The molecule has 0 aliphatic heterocycles. The van der Waals surface area contributed by atoms with Crippen LogP contribution in [0.1, 0.15) is 12.6 Å². The number of rotatable bonds is 3. The van der Waals surface area contributed by atoms with Crippen molar-refractivity contribution in [2.75, 3.05) is 0 Å². The number of hydrogen-bond donors (Lipinski definition) is 1. The van der Waals surface area contributed by atoms with Crippen LogP contribution in [0.3, 0.4) is 0 Å². The molecule has 0 atom stereocenters. The van der Waals surface area contributed by atoms with Crippen molar-refractivity contribution < 1.29 is 17.1 Å². The van der Waals surface area contributed by atoms with Crippen LogP contribution in [0.4, 0.5) is 3.89 Å². The highest BCUT2D eigenvalue weighted by molar-refractivity contribution is 7.86. The maximum absolute atomic E-state index is 12.7. The van der Waals surface area contributed by atoms with Gasteiger partial charge in [-0.2, -0.15) is 13.5 Å². The van der Waals surface area contributed by atoms with Gasteiger partial charge >= 0.3 is 10.2 Å². The minimum absolute atomic E-state index is 0.0791. The molecule has 0 saturated heterocycles. The van der Waals surface area contributed by atoms with E-state index in [2.05, 4.69) is 10.4 Å². The second kappa shape index (κ2) is 3.97. The summed E-state index contributed by atoms with van der Waals surface area (Å²) in [6, 6.07) is 0. The molecule has 1 rings (SSSR count). The number of aromatic nitrogens is 2. The van der Waals surface area contributed by atoms with Gasteiger partial charge in [0.1, 0.15) is 4.90 Å². The first-order valence-corrected chi connectivity index (χ1v) is 5.40. The van der Waals surface area contributed by atoms with E-state index in [1.54, 1.807) is 0 Å². The van der Waals surface area contributed by atoms with Gasteiger partial charge < -0.3 is 5.32 Å². The summed E-state index contributed by atoms with van der Waals surface area (Å²) in [4.78, 5) is 10.1. The maximum atomic E-state index is 12.7. The minimum Gasteiger partial charge on any atom is -0.351 e. The molecule has 0 aliphatic rings. The molecule has 1 aromatic heterocycles. The van der Waals surface area contributed by atoms with Gasteiger partial charge in [-0.25, -0.2) is 0 Å². The van der Waals surface area contributed by atoms with E-state index in [1.807, 2.05) is 0 Å². The Morgan fingerprint density at radius 2 is 2.27 bits per heavy atom. The van der Waals surface area contributed by atoms with Crippen LogP contribution in [0.5, 0.6) is 0 Å². The van der Waals surface area contributed by atoms with Gasteiger partial charge in [-0.05, 0) is 0 Å². The quantitative estimate of drug-likeness (QED) is 0.730. The van der Waals surface area contributed by atoms with Crippen LogP contribution < -0.4 is 5.32 Å². The highest BCUT2D eigenvalue weighted by Crippen LogP contribution is 2.16. The Bertz CT molecular complexity index is 480. The van der Waals surface area contributed by atoms with Crippen molar-refractivity contribution in [3.8, 4) is 0 Å². The molecule has 0 spiro atoms. The van der Waals surface area contributed by atoms with Crippen LogP contribution in [-0.4, -0.2) is 24.1 Å². The Balaban J connectivity index is 3.05. The van der Waals surface area contributed by atoms with Gasteiger partial charge in [0.15, 0.2) is 0 Å². The van der Waals surface area contributed by atoms with E-state index < -0.39 is 15.1 Å². The van der Waals surface area contributed by atoms with Crippen molar-refractivity contribution in [2.45, 2.75) is 18.4 Å². The smallest absolute Gasteiger partial charge is 0.335 e. The summed E-state index contributed by atoms with van der Waals surface area (Å²) in [5, 5.41) is 5.98. The lowest BCUT2D eigenvalue weighted by Crippen LogP contribution is -2.21. The molecule has 0 radical (unpaired) electrons. The third-order valence-electron chi connectivity index (χ3n) is 1.79. The van der Waals surface area contributed by atoms with Crippen LogP contribution >= 0.6 is 0 Å². The zero-order valence-corrected chi connectivity index (χ0v) is 9.01. The third kappa shape index (κ3) is 2.75. The lowest BCUT2D eigenvalue weighted by atomic mass is 10.4. The largest absolute Gasteiger partial charge is 0.351 e. The Hall–Kier alpha value is -1.44. The number of carbonyl (C=O) groups is 1. The van der Waals surface area contributed by atoms with Gasteiger partial charge in [0, 0.05) is 14.0 Å². The number of nitrogens with zero attached hydrogens (tertiary/aromatic N) is 2. The molecule has 1 amide bonds. The van der Waals surface area contributed by atoms with E-state index in [0.717, 1.165) is 6.20 Å². The van der Waals surface area contributed by atoms with Gasteiger partial charge in [0.2, 0.25) is 5.91 Å². The van der Waals surface area contributed by atoms with Crippen LogP contribution in [0.15, 0.2) is 11.1 Å². The average Bonchev–Trinajstić information content (AvgIpc) is 2.42. The summed E-state index contributed by atoms with van der Waals surface area (Å²) in [5.41, 5.74) is 0.104. The molecule has 0 saturated carbocycles. The number of amides is 1. The topological polar surface area (TPSA) is 81.1 Å². The molecule has 0 aromatic carbocycles. The van der Waals surface area contributed by atoms with Crippen LogP contribution in [0.2, 0.25) is 0 Å². The van der Waals surface area contributed by atoms with Gasteiger partial charge in [-0.15, -0.1) is 3.89 Å². The molecule has 0 aliphatic carbocycles. The summed E-state index contributed by atoms with van der Waals surface area (Å²) in [6.45, 7) is 1.20. The zero-order chi connectivity index (χ0) is 11.6. The van der Waals surface area contributed by atoms with Gasteiger partial charge in [0.25, 0.3) is 0 Å². The number of carbonyl (C=O) groups excluding carboxylic acids is 1. The molecular formula is C7H10FN3O3S. The van der Waals surface area contributed by atoms with E-state index in [0.29, 0.717) is 0 Å². The van der Waals surface area contributed by atoms with Gasteiger partial charge in [-0.3, -0.25) is 9.48 Å². The molecule has 15 heavy (non-hydrogen) atoms. The van der Waals surface area contributed by atoms with E-state index in [-0.39, 0.29) is 18.1 Å². The predicted molar refractivity (Wildman–Crippen MR) is 49.0 cm³/mol. The summed E-state index contributed by atoms with van der Waals surface area (Å²) in [5.74, 6) is -0.335. The zero-order valence-electron chi connectivity index (χ0n) is 8.19. The highest BCUT2D eigenvalue weighted by Gasteiger charge is 2.21. The number of nitrogens with one attached hydrogen (secondary N) is 1. The van der Waals surface area contributed by atoms with Crippen LogP contribution in [0, 0.1) is 0 Å². The second-order valence-corrected chi connectivity index (χ2v) is 4.24. The standard InChI is InChI=1S/C7H10FN3O3S/c1-5(12)9-3-6-7(15(8,13)14)4-10-11(6)2/h4H,3H2,1-2H3,(H,9,12). The highest BCUT2D eigenvalue weighted by atomic mass is 32.3. The first-order valence-electron chi connectivity index (χ1n) is 4.02. The normalized spacial score (nSPS) is 11.4. The summed E-state index contributed by atoms with van der Waals surface area (Å²) < 4.78 is 35.3. The van der Waals surface area contributed by atoms with E-state index >= 15 is 0 Å². The lowest BCUT2D eigenvalue weighted by molar-refractivity contribution is -0.119. The SMILES string of the molecule is CC(=O)NCc1c(S(=O)(=O)F)cnn1C. The van der Waals surface area contributed by atoms with Gasteiger partial charge in [0.05, 0.1) is 18.4 Å². The number of hydrogen-bond acceptors (Lipinski definition) is 4. The second-order valence-electron chi connectivity index (χ2n) is 2.93. The average molecular weight is 235 g/mol. The molecule has 1 N–H and O–H groups in total. The molecule has 0 fully saturated rings. The Labute approximate surface area is 86.3 Å². The molecule has 0 bridgehead atoms. The molecule has 8 heteroatoms. The number of aryl methyl sites for hydroxylation is 1. The van der Waals surface area contributed by atoms with Crippen molar-refractivity contribution in [2.24, 2.45) is 7.05 Å². The lowest BCUT2D eigenvalue weighted by Gasteiger charge is -2.04. The fraction of sp³-hybridized carbons (Fsp3) is 0.429. The Morgan fingerprint density at radius 3 is 2.73 bits per heavy atom. The summed E-state index contributed by atoms with van der Waals surface area (Å²) in [6.07, 6.45) is 0.909. The van der Waals surface area contributed by atoms with E-state index in [1.165, 1.54) is 18.7 Å². The minimum atomic E-state index is -4.80. The Morgan fingerprint density at radius 1 is 1.67 bits per heavy atom. The monoisotopic (exact) mass is 235 g/mol. The third-order valence-corrected chi connectivity index (χ3v) is 2.66. The van der Waals surface area contributed by atoms with E-state index in [9.17, 15) is 17.1 Å². The van der Waals surface area contributed by atoms with Crippen molar-refractivity contribution in [3.05, 3.63) is 11.9 Å². The fourth-order valence-electron chi connectivity index (χ4n) is 1.06. The molecular weight excluding hydrogens is 225 g/mol. The van der Waals surface area contributed by atoms with E-state index in [4.69, 9.17) is 0 Å². The number of halogens is 1. The van der Waals surface area contributed by atoms with Crippen LogP contribution in [0.25, 0.3) is 0 Å². The molecule has 1 heterocycles. The van der Waals surface area contributed by atoms with Crippen molar-refractivity contribution in [3.63, 3.8) is 0 Å². The molecule has 6 nitrogen and oxygen atoms in total. The first-order chi connectivity index (χ1) is 6.82. The van der Waals surface area contributed by atoms with Crippen molar-refractivity contribution in [1.29, 1.82) is 0 Å². The summed E-state index contributed by atoms with van der Waals surface area (Å²) in [7, 11) is -3.33. The molecule has 84 valence electrons. The van der Waals surface area contributed by atoms with Crippen molar-refractivity contribution >= 4 is 16.1 Å². The van der Waals surface area contributed by atoms with Crippen molar-refractivity contribution in [1.82, 2.24) is 15.1 Å². The molecule has 0 unspecified atom stereocenters. The molecule has 1 aromatic rings. The van der Waals surface area contributed by atoms with Gasteiger partial charge in [-0.1, -0.05) is 0 Å².